The summed E-state index contributed by atoms with van der Waals surface area (Å²) in [6, 6.07) is -0.00234. The fourth-order valence-electron chi connectivity index (χ4n) is 4.86. The zero-order chi connectivity index (χ0) is 27.4. The van der Waals surface area contributed by atoms with Gasteiger partial charge < -0.3 is 5.32 Å². The first-order chi connectivity index (χ1) is 19.0. The lowest BCUT2D eigenvalue weighted by Crippen LogP contribution is -2.59. The van der Waals surface area contributed by atoms with Crippen LogP contribution in [0.5, 0.6) is 0 Å². The van der Waals surface area contributed by atoms with Crippen molar-refractivity contribution in [1.82, 2.24) is 30.2 Å². The standard InChI is InChI=1S/C28H35N9OS/c1-5-39-21-11-31-24(32-12-21)15-33-26-28(38)37(18(3)19-7-6-8-19)27(29-4)23(36-26)14-30-13-22-17(2)34-16-35-25(22)20-9-10-20/h11-14,16,18-20H,5-10,15H2,1-4H3,(H,33,36)/b23-14+,29-27?,30-13?/t18-/m1/s1. The maximum absolute atomic E-state index is 13.7. The largest absolute Gasteiger partial charge is 0.332 e. The van der Waals surface area contributed by atoms with Crippen LogP contribution in [0.3, 0.4) is 0 Å². The molecule has 204 valence electrons. The molecule has 2 aromatic rings. The molecule has 10 nitrogen and oxygen atoms in total. The molecule has 0 spiro atoms. The number of carbonyl (C=O) groups is 1. The van der Waals surface area contributed by atoms with E-state index in [4.69, 9.17) is 0 Å². The Bertz CT molecular complexity index is 1330. The number of rotatable bonds is 9. The van der Waals surface area contributed by atoms with Gasteiger partial charge in [0.15, 0.2) is 11.7 Å². The molecule has 3 fully saturated rings. The highest BCUT2D eigenvalue weighted by atomic mass is 32.2. The van der Waals surface area contributed by atoms with E-state index < -0.39 is 0 Å². The van der Waals surface area contributed by atoms with Crippen LogP contribution < -0.4 is 5.32 Å². The summed E-state index contributed by atoms with van der Waals surface area (Å²) in [5.41, 5.74) is 3.52. The van der Waals surface area contributed by atoms with Crippen molar-refractivity contribution in [2.24, 2.45) is 20.9 Å². The number of thioether (sulfide) groups is 1. The predicted octanol–water partition coefficient (Wildman–Crippen LogP) is 4.07. The minimum atomic E-state index is -0.197. The molecule has 0 unspecified atom stereocenters. The molecule has 3 aliphatic rings. The van der Waals surface area contributed by atoms with Crippen molar-refractivity contribution in [3.05, 3.63) is 53.4 Å². The molecule has 0 bridgehead atoms. The molecule has 2 aromatic heterocycles. The Labute approximate surface area is 233 Å². The number of amidine groups is 2. The SMILES string of the molecule is CCSc1cnc(CN=C2N/C(=C/N=Cc3c(C)ncnc3C3CC3)C(=NC)N([C@H](C)C3CCC3)C2=O)nc1. The molecule has 0 aromatic carbocycles. The number of hydrogen-bond donors (Lipinski definition) is 1. The topological polar surface area (TPSA) is 121 Å². The molecule has 11 heteroatoms. The van der Waals surface area contributed by atoms with Crippen LogP contribution in [0.15, 0.2) is 50.5 Å². The second-order valence-corrected chi connectivity index (χ2v) is 11.4. The molecule has 1 N–H and O–H groups in total. The molecule has 5 rings (SSSR count). The van der Waals surface area contributed by atoms with Gasteiger partial charge in [-0.3, -0.25) is 24.7 Å². The monoisotopic (exact) mass is 545 g/mol. The Balaban J connectivity index is 1.44. The summed E-state index contributed by atoms with van der Waals surface area (Å²) in [5, 5.41) is 3.20. The van der Waals surface area contributed by atoms with Crippen molar-refractivity contribution in [2.75, 3.05) is 12.8 Å². The van der Waals surface area contributed by atoms with Gasteiger partial charge in [-0.05, 0) is 51.2 Å². The molecular formula is C28H35N9OS. The number of aliphatic imine (C=N–C) groups is 3. The smallest absolute Gasteiger partial charge is 0.295 e. The Morgan fingerprint density at radius 2 is 1.95 bits per heavy atom. The zero-order valence-corrected chi connectivity index (χ0v) is 23.8. The van der Waals surface area contributed by atoms with Crippen molar-refractivity contribution in [3.63, 3.8) is 0 Å². The normalized spacial score (nSPS) is 22.1. The first-order valence-corrected chi connectivity index (χ1v) is 14.6. The summed E-state index contributed by atoms with van der Waals surface area (Å²) in [6.45, 7) is 6.35. The first-order valence-electron chi connectivity index (χ1n) is 13.6. The molecule has 1 amide bonds. The molecule has 3 heterocycles. The molecule has 0 radical (unpaired) electrons. The lowest BCUT2D eigenvalue weighted by molar-refractivity contribution is -0.123. The maximum atomic E-state index is 13.7. The zero-order valence-electron chi connectivity index (χ0n) is 23.0. The summed E-state index contributed by atoms with van der Waals surface area (Å²) in [6.07, 6.45) is 14.4. The number of carbonyl (C=O) groups excluding carboxylic acids is 1. The van der Waals surface area contributed by atoms with Gasteiger partial charge in [0.05, 0.1) is 11.9 Å². The van der Waals surface area contributed by atoms with Gasteiger partial charge in [-0.1, -0.05) is 13.3 Å². The third-order valence-electron chi connectivity index (χ3n) is 7.45. The molecule has 2 aliphatic carbocycles. The highest BCUT2D eigenvalue weighted by Crippen LogP contribution is 2.40. The van der Waals surface area contributed by atoms with Crippen LogP contribution in [-0.4, -0.2) is 67.5 Å². The van der Waals surface area contributed by atoms with Gasteiger partial charge in [0, 0.05) is 53.8 Å². The third kappa shape index (κ3) is 6.08. The summed E-state index contributed by atoms with van der Waals surface area (Å²) in [7, 11) is 1.70. The van der Waals surface area contributed by atoms with E-state index in [0.717, 1.165) is 53.3 Å². The Morgan fingerprint density at radius 1 is 1.18 bits per heavy atom. The van der Waals surface area contributed by atoms with Gasteiger partial charge >= 0.3 is 0 Å². The number of amides is 1. The van der Waals surface area contributed by atoms with E-state index in [0.29, 0.717) is 29.2 Å². The second-order valence-electron chi connectivity index (χ2n) is 10.1. The van der Waals surface area contributed by atoms with Crippen LogP contribution in [0, 0.1) is 12.8 Å². The molecular weight excluding hydrogens is 510 g/mol. The third-order valence-corrected chi connectivity index (χ3v) is 8.28. The summed E-state index contributed by atoms with van der Waals surface area (Å²) in [5.74, 6) is 3.04. The van der Waals surface area contributed by atoms with Crippen molar-refractivity contribution in [1.29, 1.82) is 0 Å². The molecule has 1 saturated heterocycles. The van der Waals surface area contributed by atoms with Gasteiger partial charge in [-0.25, -0.2) is 19.9 Å². The van der Waals surface area contributed by atoms with E-state index in [1.54, 1.807) is 48.6 Å². The van der Waals surface area contributed by atoms with Crippen LogP contribution in [0.25, 0.3) is 0 Å². The van der Waals surface area contributed by atoms with Gasteiger partial charge in [-0.2, -0.15) is 0 Å². The van der Waals surface area contributed by atoms with Crippen LogP contribution in [0.4, 0.5) is 0 Å². The fraction of sp³-hybridized carbons (Fsp3) is 0.500. The van der Waals surface area contributed by atoms with Crippen molar-refractivity contribution >= 4 is 35.6 Å². The Hall–Kier alpha value is -3.47. The maximum Gasteiger partial charge on any atom is 0.295 e. The Kier molecular flexibility index (Phi) is 8.44. The number of aryl methyl sites for hydroxylation is 1. The van der Waals surface area contributed by atoms with Crippen molar-refractivity contribution < 1.29 is 4.79 Å². The number of piperazine rings is 1. The van der Waals surface area contributed by atoms with Gasteiger partial charge in [0.1, 0.15) is 24.4 Å². The predicted molar refractivity (Wildman–Crippen MR) is 154 cm³/mol. The van der Waals surface area contributed by atoms with E-state index >= 15 is 0 Å². The van der Waals surface area contributed by atoms with Crippen molar-refractivity contribution in [2.45, 2.75) is 76.3 Å². The lowest BCUT2D eigenvalue weighted by Gasteiger charge is -2.42. The molecule has 39 heavy (non-hydrogen) atoms. The van der Waals surface area contributed by atoms with Crippen LogP contribution in [0.2, 0.25) is 0 Å². The van der Waals surface area contributed by atoms with Crippen LogP contribution in [0.1, 0.15) is 74.6 Å². The minimum absolute atomic E-state index is 0.00234. The van der Waals surface area contributed by atoms with Crippen molar-refractivity contribution in [3.8, 4) is 0 Å². The highest BCUT2D eigenvalue weighted by molar-refractivity contribution is 7.99. The number of nitrogens with one attached hydrogen (secondary N) is 1. The second kappa shape index (κ2) is 12.1. The first kappa shape index (κ1) is 27.1. The van der Waals surface area contributed by atoms with Crippen LogP contribution in [-0.2, 0) is 11.3 Å². The molecule has 1 aliphatic heterocycles. The quantitative estimate of drug-likeness (QED) is 0.372. The average molecular weight is 546 g/mol. The van der Waals surface area contributed by atoms with Gasteiger partial charge in [-0.15, -0.1) is 11.8 Å². The fourth-order valence-corrected chi connectivity index (χ4v) is 5.45. The number of nitrogens with zero attached hydrogens (tertiary/aromatic N) is 8. The number of aromatic nitrogens is 4. The summed E-state index contributed by atoms with van der Waals surface area (Å²) < 4.78 is 0. The van der Waals surface area contributed by atoms with Gasteiger partial charge in [0.2, 0.25) is 0 Å². The molecule has 2 saturated carbocycles. The highest BCUT2D eigenvalue weighted by Gasteiger charge is 2.40. The lowest BCUT2D eigenvalue weighted by atomic mass is 9.79. The van der Waals surface area contributed by atoms with E-state index in [2.05, 4.69) is 54.1 Å². The van der Waals surface area contributed by atoms with Gasteiger partial charge in [0.25, 0.3) is 5.91 Å². The number of hydrogen-bond acceptors (Lipinski definition) is 9. The van der Waals surface area contributed by atoms with E-state index in [1.165, 1.54) is 6.42 Å². The average Bonchev–Trinajstić information content (AvgIpc) is 3.74. The Morgan fingerprint density at radius 3 is 2.59 bits per heavy atom. The minimum Gasteiger partial charge on any atom is -0.332 e. The summed E-state index contributed by atoms with van der Waals surface area (Å²) >= 11 is 1.68. The van der Waals surface area contributed by atoms with E-state index in [-0.39, 0.29) is 24.3 Å². The van der Waals surface area contributed by atoms with Crippen LogP contribution >= 0.6 is 11.8 Å². The summed E-state index contributed by atoms with van der Waals surface area (Å²) in [4.78, 5) is 47.9. The molecule has 1 atom stereocenters. The van der Waals surface area contributed by atoms with E-state index in [1.807, 2.05) is 13.1 Å². The van der Waals surface area contributed by atoms with E-state index in [9.17, 15) is 4.79 Å².